The number of anilines is 1. The second kappa shape index (κ2) is 5.44. The number of amidine groups is 1. The molecular weight excluding hydrogens is 250 g/mol. The highest BCUT2D eigenvalue weighted by Crippen LogP contribution is 2.34. The third-order valence-electron chi connectivity index (χ3n) is 4.48. The Hall–Kier alpha value is -1.55. The minimum Gasteiger partial charge on any atom is -0.384 e. The number of hydrogen-bond donors (Lipinski definition) is 2. The topological polar surface area (TPSA) is 62.3 Å². The molecule has 1 aromatic carbocycles. The van der Waals surface area contributed by atoms with Crippen LogP contribution in [-0.4, -0.2) is 31.1 Å². The summed E-state index contributed by atoms with van der Waals surface area (Å²) in [6.07, 6.45) is 5.21. The first-order chi connectivity index (χ1) is 9.66. The maximum Gasteiger partial charge on any atom is 0.124 e. The summed E-state index contributed by atoms with van der Waals surface area (Å²) in [6, 6.07) is 6.60. The molecule has 20 heavy (non-hydrogen) atoms. The number of rotatable bonds is 2. The molecule has 1 saturated carbocycles. The van der Waals surface area contributed by atoms with Crippen molar-refractivity contribution in [2.75, 3.05) is 18.1 Å². The quantitative estimate of drug-likeness (QED) is 0.642. The fourth-order valence-electron chi connectivity index (χ4n) is 3.50. The van der Waals surface area contributed by atoms with E-state index in [1.165, 1.54) is 24.8 Å². The normalized spacial score (nSPS) is 26.1. The van der Waals surface area contributed by atoms with Crippen LogP contribution in [0, 0.1) is 12.3 Å². The summed E-state index contributed by atoms with van der Waals surface area (Å²) in [7, 11) is 0. The fraction of sp³-hybridized carbons (Fsp3) is 0.562. The predicted molar refractivity (Wildman–Crippen MR) is 81.5 cm³/mol. The van der Waals surface area contributed by atoms with Crippen molar-refractivity contribution in [3.05, 3.63) is 29.3 Å². The number of nitrogen functional groups attached to an aromatic ring is 1. The van der Waals surface area contributed by atoms with Crippen LogP contribution in [0.25, 0.3) is 0 Å². The Morgan fingerprint density at radius 2 is 2.15 bits per heavy atom. The molecule has 2 atom stereocenters. The third-order valence-corrected chi connectivity index (χ3v) is 4.48. The van der Waals surface area contributed by atoms with E-state index in [-0.39, 0.29) is 5.84 Å². The number of nitrogens with one attached hydrogen (secondary N) is 1. The zero-order valence-electron chi connectivity index (χ0n) is 12.1. The molecule has 0 amide bonds. The van der Waals surface area contributed by atoms with Gasteiger partial charge in [-0.25, -0.2) is 0 Å². The molecule has 0 bridgehead atoms. The molecule has 0 radical (unpaired) electrons. The van der Waals surface area contributed by atoms with Crippen molar-refractivity contribution >= 4 is 11.5 Å². The van der Waals surface area contributed by atoms with Gasteiger partial charge in [-0.15, -0.1) is 0 Å². The van der Waals surface area contributed by atoms with E-state index < -0.39 is 0 Å². The minimum atomic E-state index is 0.152. The highest BCUT2D eigenvalue weighted by atomic mass is 16.5. The Bertz CT molecular complexity index is 512. The summed E-state index contributed by atoms with van der Waals surface area (Å²) in [6.45, 7) is 3.75. The minimum absolute atomic E-state index is 0.152. The lowest BCUT2D eigenvalue weighted by molar-refractivity contribution is -0.00869. The number of morpholine rings is 1. The van der Waals surface area contributed by atoms with Crippen LogP contribution in [0.4, 0.5) is 5.69 Å². The zero-order chi connectivity index (χ0) is 14.1. The summed E-state index contributed by atoms with van der Waals surface area (Å²) in [5.41, 5.74) is 8.93. The van der Waals surface area contributed by atoms with Gasteiger partial charge in [0, 0.05) is 17.8 Å². The van der Waals surface area contributed by atoms with Gasteiger partial charge in [-0.3, -0.25) is 5.41 Å². The van der Waals surface area contributed by atoms with Crippen LogP contribution in [-0.2, 0) is 4.74 Å². The van der Waals surface area contributed by atoms with Gasteiger partial charge < -0.3 is 15.4 Å². The molecule has 1 heterocycles. The van der Waals surface area contributed by atoms with Gasteiger partial charge in [-0.05, 0) is 37.5 Å². The lowest BCUT2D eigenvalue weighted by Crippen LogP contribution is -2.53. The SMILES string of the molecule is Cc1ccc(C(=N)N)c(N2CCOC3CCCCC32)c1. The molecule has 1 saturated heterocycles. The van der Waals surface area contributed by atoms with Gasteiger partial charge in [0.2, 0.25) is 0 Å². The van der Waals surface area contributed by atoms with Crippen LogP contribution >= 0.6 is 0 Å². The van der Waals surface area contributed by atoms with Crippen molar-refractivity contribution in [3.63, 3.8) is 0 Å². The monoisotopic (exact) mass is 273 g/mol. The second-order valence-electron chi connectivity index (χ2n) is 5.89. The lowest BCUT2D eigenvalue weighted by Gasteiger charge is -2.45. The Kier molecular flexibility index (Phi) is 3.66. The van der Waals surface area contributed by atoms with Gasteiger partial charge in [0.15, 0.2) is 0 Å². The molecule has 0 spiro atoms. The first kappa shape index (κ1) is 13.4. The van der Waals surface area contributed by atoms with Gasteiger partial charge >= 0.3 is 0 Å². The van der Waals surface area contributed by atoms with Crippen molar-refractivity contribution in [1.29, 1.82) is 5.41 Å². The Morgan fingerprint density at radius 1 is 1.35 bits per heavy atom. The Morgan fingerprint density at radius 3 is 2.95 bits per heavy atom. The van der Waals surface area contributed by atoms with E-state index in [4.69, 9.17) is 15.9 Å². The van der Waals surface area contributed by atoms with Gasteiger partial charge in [0.05, 0.1) is 18.8 Å². The molecule has 3 rings (SSSR count). The largest absolute Gasteiger partial charge is 0.384 e. The second-order valence-corrected chi connectivity index (χ2v) is 5.89. The van der Waals surface area contributed by atoms with E-state index in [0.717, 1.165) is 30.8 Å². The highest BCUT2D eigenvalue weighted by molar-refractivity contribution is 6.00. The number of hydrogen-bond acceptors (Lipinski definition) is 3. The average molecular weight is 273 g/mol. The van der Waals surface area contributed by atoms with Gasteiger partial charge in [-0.1, -0.05) is 18.9 Å². The van der Waals surface area contributed by atoms with Crippen LogP contribution in [0.15, 0.2) is 18.2 Å². The highest BCUT2D eigenvalue weighted by Gasteiger charge is 2.35. The zero-order valence-corrected chi connectivity index (χ0v) is 12.1. The van der Waals surface area contributed by atoms with Gasteiger partial charge in [0.1, 0.15) is 5.84 Å². The molecule has 2 aliphatic rings. The van der Waals surface area contributed by atoms with E-state index >= 15 is 0 Å². The Balaban J connectivity index is 1.98. The number of nitrogens with two attached hydrogens (primary N) is 1. The number of fused-ring (bicyclic) bond motifs is 1. The third kappa shape index (κ3) is 2.40. The van der Waals surface area contributed by atoms with E-state index in [1.54, 1.807) is 0 Å². The van der Waals surface area contributed by atoms with Crippen molar-refractivity contribution in [2.24, 2.45) is 5.73 Å². The summed E-state index contributed by atoms with van der Waals surface area (Å²) in [4.78, 5) is 2.43. The van der Waals surface area contributed by atoms with Gasteiger partial charge in [-0.2, -0.15) is 0 Å². The standard InChI is InChI=1S/C16H23N3O/c1-11-6-7-12(16(17)18)14(10-11)19-8-9-20-15-5-3-2-4-13(15)19/h6-7,10,13,15H,2-5,8-9H2,1H3,(H3,17,18). The van der Waals surface area contributed by atoms with Crippen LogP contribution in [0.1, 0.15) is 36.8 Å². The number of nitrogens with zero attached hydrogens (tertiary/aromatic N) is 1. The number of benzene rings is 1. The van der Waals surface area contributed by atoms with Crippen molar-refractivity contribution in [3.8, 4) is 0 Å². The molecule has 2 unspecified atom stereocenters. The molecule has 1 aliphatic heterocycles. The number of aryl methyl sites for hydroxylation is 1. The Labute approximate surface area is 120 Å². The molecule has 1 aliphatic carbocycles. The van der Waals surface area contributed by atoms with E-state index in [1.807, 2.05) is 12.1 Å². The average Bonchev–Trinajstić information content (AvgIpc) is 2.46. The molecule has 4 nitrogen and oxygen atoms in total. The molecule has 108 valence electrons. The molecule has 4 heteroatoms. The van der Waals surface area contributed by atoms with Crippen molar-refractivity contribution in [2.45, 2.75) is 44.8 Å². The first-order valence-electron chi connectivity index (χ1n) is 7.50. The van der Waals surface area contributed by atoms with Crippen LogP contribution in [0.5, 0.6) is 0 Å². The van der Waals surface area contributed by atoms with Gasteiger partial charge in [0.25, 0.3) is 0 Å². The molecule has 2 fully saturated rings. The summed E-state index contributed by atoms with van der Waals surface area (Å²) in [5, 5.41) is 7.82. The predicted octanol–water partition coefficient (Wildman–Crippen LogP) is 2.43. The van der Waals surface area contributed by atoms with Crippen LogP contribution in [0.2, 0.25) is 0 Å². The first-order valence-corrected chi connectivity index (χ1v) is 7.50. The molecular formula is C16H23N3O. The van der Waals surface area contributed by atoms with Crippen LogP contribution < -0.4 is 10.6 Å². The maximum absolute atomic E-state index is 7.82. The number of ether oxygens (including phenoxy) is 1. The van der Waals surface area contributed by atoms with Crippen LogP contribution in [0.3, 0.4) is 0 Å². The van der Waals surface area contributed by atoms with Crippen molar-refractivity contribution < 1.29 is 4.74 Å². The van der Waals surface area contributed by atoms with Crippen molar-refractivity contribution in [1.82, 2.24) is 0 Å². The van der Waals surface area contributed by atoms with E-state index in [0.29, 0.717) is 12.1 Å². The summed E-state index contributed by atoms with van der Waals surface area (Å²) < 4.78 is 5.94. The summed E-state index contributed by atoms with van der Waals surface area (Å²) >= 11 is 0. The lowest BCUT2D eigenvalue weighted by atomic mass is 9.89. The molecule has 1 aromatic rings. The van der Waals surface area contributed by atoms with E-state index in [2.05, 4.69) is 17.9 Å². The molecule has 0 aromatic heterocycles. The summed E-state index contributed by atoms with van der Waals surface area (Å²) in [5.74, 6) is 0.152. The van der Waals surface area contributed by atoms with E-state index in [9.17, 15) is 0 Å². The molecule has 3 N–H and O–H groups in total. The maximum atomic E-state index is 7.82. The smallest absolute Gasteiger partial charge is 0.124 e. The fourth-order valence-corrected chi connectivity index (χ4v) is 3.50.